The summed E-state index contributed by atoms with van der Waals surface area (Å²) < 4.78 is 2.03. The van der Waals surface area contributed by atoms with Gasteiger partial charge in [0.15, 0.2) is 0 Å². The summed E-state index contributed by atoms with van der Waals surface area (Å²) in [7, 11) is 0. The number of benzene rings is 1. The van der Waals surface area contributed by atoms with E-state index in [0.717, 1.165) is 54.1 Å². The van der Waals surface area contributed by atoms with Gasteiger partial charge in [0, 0.05) is 43.1 Å². The van der Waals surface area contributed by atoms with Crippen LogP contribution in [0.1, 0.15) is 49.2 Å². The zero-order chi connectivity index (χ0) is 23.3. The minimum Gasteiger partial charge on any atom is -0.342 e. The monoisotopic (exact) mass is 439 g/mol. The quantitative estimate of drug-likeness (QED) is 0.683. The van der Waals surface area contributed by atoms with Crippen LogP contribution in [0.3, 0.4) is 0 Å². The van der Waals surface area contributed by atoms with E-state index >= 15 is 0 Å². The Kier molecular flexibility index (Phi) is 7.94. The summed E-state index contributed by atoms with van der Waals surface area (Å²) in [5.74, 6) is 0.923. The van der Waals surface area contributed by atoms with Gasteiger partial charge in [-0.2, -0.15) is 5.10 Å². The number of carbonyl (C=O) groups is 2. The highest BCUT2D eigenvalue weighted by Crippen LogP contribution is 2.20. The zero-order valence-electron chi connectivity index (χ0n) is 20.1. The minimum absolute atomic E-state index is 0.147. The fraction of sp³-hybridized carbons (Fsp3) is 0.560. The Balaban J connectivity index is 1.51. The average Bonchev–Trinajstić information content (AvgIpc) is 3.01. The number of hydrogen-bond acceptors (Lipinski definition) is 3. The Morgan fingerprint density at radius 3 is 2.56 bits per heavy atom. The first-order valence-electron chi connectivity index (χ1n) is 11.6. The van der Waals surface area contributed by atoms with E-state index in [-0.39, 0.29) is 17.9 Å². The van der Waals surface area contributed by atoms with E-state index in [9.17, 15) is 9.59 Å². The van der Waals surface area contributed by atoms with Gasteiger partial charge in [-0.25, -0.2) is 4.79 Å². The van der Waals surface area contributed by atoms with E-state index in [1.807, 2.05) is 47.7 Å². The second kappa shape index (κ2) is 10.7. The fourth-order valence-corrected chi connectivity index (χ4v) is 4.28. The molecule has 32 heavy (non-hydrogen) atoms. The van der Waals surface area contributed by atoms with Crippen molar-refractivity contribution in [3.8, 4) is 0 Å². The molecule has 2 aromatic rings. The molecule has 1 aliphatic heterocycles. The van der Waals surface area contributed by atoms with Crippen molar-refractivity contribution in [1.82, 2.24) is 20.0 Å². The van der Waals surface area contributed by atoms with E-state index in [0.29, 0.717) is 25.4 Å². The third-order valence-electron chi connectivity index (χ3n) is 6.13. The van der Waals surface area contributed by atoms with Crippen LogP contribution < -0.4 is 10.6 Å². The molecule has 3 rings (SSSR count). The molecule has 1 aromatic carbocycles. The number of nitrogens with zero attached hydrogens (tertiary/aromatic N) is 3. The van der Waals surface area contributed by atoms with Gasteiger partial charge >= 0.3 is 6.03 Å². The number of rotatable bonds is 7. The normalized spacial score (nSPS) is 16.3. The molecular formula is C25H37N5O2. The molecule has 1 atom stereocenters. The lowest BCUT2D eigenvalue weighted by molar-refractivity contribution is -0.132. The van der Waals surface area contributed by atoms with Gasteiger partial charge in [-0.3, -0.25) is 9.48 Å². The van der Waals surface area contributed by atoms with E-state index in [1.165, 1.54) is 0 Å². The molecule has 0 radical (unpaired) electrons. The number of piperidine rings is 1. The fourth-order valence-electron chi connectivity index (χ4n) is 4.28. The first kappa shape index (κ1) is 23.8. The third-order valence-corrected chi connectivity index (χ3v) is 6.13. The van der Waals surface area contributed by atoms with Crippen LogP contribution in [-0.4, -0.2) is 46.3 Å². The van der Waals surface area contributed by atoms with Crippen LogP contribution >= 0.6 is 0 Å². The molecule has 174 valence electrons. The molecule has 1 saturated heterocycles. The maximum absolute atomic E-state index is 13.0. The lowest BCUT2D eigenvalue weighted by atomic mass is 9.97. The summed E-state index contributed by atoms with van der Waals surface area (Å²) in [6.45, 7) is 13.3. The summed E-state index contributed by atoms with van der Waals surface area (Å²) in [6.07, 6.45) is 2.37. The van der Waals surface area contributed by atoms with Crippen LogP contribution in [0.25, 0.3) is 0 Å². The lowest BCUT2D eigenvalue weighted by Crippen LogP contribution is -2.44. The molecule has 1 unspecified atom stereocenters. The topological polar surface area (TPSA) is 79.3 Å². The van der Waals surface area contributed by atoms with Crippen LogP contribution in [-0.2, 0) is 17.8 Å². The number of amides is 3. The molecule has 3 amide bonds. The van der Waals surface area contributed by atoms with Gasteiger partial charge < -0.3 is 15.5 Å². The van der Waals surface area contributed by atoms with Gasteiger partial charge in [0.25, 0.3) is 0 Å². The first-order valence-corrected chi connectivity index (χ1v) is 11.6. The molecule has 0 saturated carbocycles. The number of aryl methyl sites for hydroxylation is 2. The van der Waals surface area contributed by atoms with Crippen molar-refractivity contribution in [2.24, 2.45) is 11.8 Å². The minimum atomic E-state index is -0.207. The molecule has 0 aliphatic carbocycles. The molecular weight excluding hydrogens is 402 g/mol. The molecule has 0 bridgehead atoms. The number of hydrogen-bond donors (Lipinski definition) is 2. The molecule has 0 spiro atoms. The summed E-state index contributed by atoms with van der Waals surface area (Å²) >= 11 is 0. The van der Waals surface area contributed by atoms with Crippen LogP contribution in [0.5, 0.6) is 0 Å². The predicted molar refractivity (Wildman–Crippen MR) is 128 cm³/mol. The van der Waals surface area contributed by atoms with E-state index in [1.54, 1.807) is 0 Å². The Morgan fingerprint density at radius 1 is 1.16 bits per heavy atom. The van der Waals surface area contributed by atoms with Crippen molar-refractivity contribution in [2.75, 3.05) is 25.0 Å². The first-order chi connectivity index (χ1) is 15.2. The largest absolute Gasteiger partial charge is 0.342 e. The van der Waals surface area contributed by atoms with Crippen molar-refractivity contribution in [3.05, 3.63) is 46.8 Å². The Labute approximate surface area is 191 Å². The number of carbonyl (C=O) groups excluding carboxylic acids is 2. The van der Waals surface area contributed by atoms with Crippen LogP contribution in [0.4, 0.5) is 10.5 Å². The second-order valence-electron chi connectivity index (χ2n) is 9.45. The molecule has 2 heterocycles. The summed E-state index contributed by atoms with van der Waals surface area (Å²) in [6, 6.07) is 7.51. The maximum atomic E-state index is 13.0. The van der Waals surface area contributed by atoms with Crippen LogP contribution in [0, 0.1) is 32.6 Å². The number of aromatic nitrogens is 2. The highest BCUT2D eigenvalue weighted by atomic mass is 16.2. The van der Waals surface area contributed by atoms with Gasteiger partial charge in [-0.05, 0) is 57.6 Å². The number of likely N-dealkylation sites (tertiary alicyclic amines) is 1. The van der Waals surface area contributed by atoms with Crippen LogP contribution in [0.2, 0.25) is 0 Å². The molecule has 7 nitrogen and oxygen atoms in total. The van der Waals surface area contributed by atoms with Crippen molar-refractivity contribution in [3.63, 3.8) is 0 Å². The van der Waals surface area contributed by atoms with Crippen molar-refractivity contribution in [1.29, 1.82) is 0 Å². The van der Waals surface area contributed by atoms with Crippen molar-refractivity contribution in [2.45, 2.75) is 60.4 Å². The summed E-state index contributed by atoms with van der Waals surface area (Å²) in [5.41, 5.74) is 5.01. The van der Waals surface area contributed by atoms with E-state index < -0.39 is 0 Å². The number of urea groups is 1. The van der Waals surface area contributed by atoms with Gasteiger partial charge in [-0.15, -0.1) is 0 Å². The van der Waals surface area contributed by atoms with Gasteiger partial charge in [0.1, 0.15) is 0 Å². The van der Waals surface area contributed by atoms with Crippen LogP contribution in [0.15, 0.2) is 24.3 Å². The highest BCUT2D eigenvalue weighted by molar-refractivity contribution is 5.89. The Bertz CT molecular complexity index is 933. The molecule has 1 aromatic heterocycles. The Morgan fingerprint density at radius 2 is 1.88 bits per heavy atom. The third kappa shape index (κ3) is 6.34. The maximum Gasteiger partial charge on any atom is 0.319 e. The van der Waals surface area contributed by atoms with Crippen molar-refractivity contribution < 1.29 is 9.59 Å². The summed E-state index contributed by atoms with van der Waals surface area (Å²) in [4.78, 5) is 27.2. The Hall–Kier alpha value is -2.83. The average molecular weight is 440 g/mol. The highest BCUT2D eigenvalue weighted by Gasteiger charge is 2.25. The molecule has 1 aliphatic rings. The zero-order valence-corrected chi connectivity index (χ0v) is 20.1. The van der Waals surface area contributed by atoms with E-state index in [4.69, 9.17) is 0 Å². The van der Waals surface area contributed by atoms with Gasteiger partial charge in [-0.1, -0.05) is 31.5 Å². The van der Waals surface area contributed by atoms with Crippen molar-refractivity contribution >= 4 is 17.6 Å². The molecule has 2 N–H and O–H groups in total. The molecule has 7 heteroatoms. The predicted octanol–water partition coefficient (Wildman–Crippen LogP) is 4.07. The van der Waals surface area contributed by atoms with Gasteiger partial charge in [0.2, 0.25) is 5.91 Å². The molecule has 1 fully saturated rings. The number of nitrogens with one attached hydrogen (secondary N) is 2. The number of anilines is 1. The SMILES string of the molecule is Cc1ccc(NC(=O)NCC2CCCN(C(=O)Cc3c(C)nn(CC(C)C)c3C)C2)cc1. The van der Waals surface area contributed by atoms with E-state index in [2.05, 4.69) is 36.5 Å². The standard InChI is InChI=1S/C25H37N5O2/c1-17(2)15-30-20(5)23(19(4)28-30)13-24(31)29-12-6-7-21(16-29)14-26-25(32)27-22-10-8-18(3)9-11-22/h8-11,17,21H,6-7,12-16H2,1-5H3,(H2,26,27,32). The van der Waals surface area contributed by atoms with Gasteiger partial charge in [0.05, 0.1) is 12.1 Å². The second-order valence-corrected chi connectivity index (χ2v) is 9.45. The smallest absolute Gasteiger partial charge is 0.319 e. The lowest BCUT2D eigenvalue weighted by Gasteiger charge is -2.33. The summed E-state index contributed by atoms with van der Waals surface area (Å²) in [5, 5.41) is 10.5.